The predicted molar refractivity (Wildman–Crippen MR) is 106 cm³/mol. The zero-order valence-electron chi connectivity index (χ0n) is 15.3. The van der Waals surface area contributed by atoms with Gasteiger partial charge in [-0.3, -0.25) is 4.79 Å². The van der Waals surface area contributed by atoms with E-state index in [2.05, 4.69) is 34.5 Å². The molecule has 0 saturated carbocycles. The van der Waals surface area contributed by atoms with E-state index >= 15 is 0 Å². The molecule has 138 valence electrons. The molecule has 26 heavy (non-hydrogen) atoms. The summed E-state index contributed by atoms with van der Waals surface area (Å²) in [5.41, 5.74) is 3.36. The van der Waals surface area contributed by atoms with Crippen LogP contribution in [0.25, 0.3) is 0 Å². The quantitative estimate of drug-likeness (QED) is 0.820. The van der Waals surface area contributed by atoms with Crippen molar-refractivity contribution in [1.82, 2.24) is 5.32 Å². The number of hydrogen-bond acceptors (Lipinski definition) is 3. The minimum atomic E-state index is -0.613. The molecule has 0 bridgehead atoms. The lowest BCUT2D eigenvalue weighted by atomic mass is 10.2. The highest BCUT2D eigenvalue weighted by molar-refractivity contribution is 6.32. The first kappa shape index (κ1) is 18.6. The second-order valence-corrected chi connectivity index (χ2v) is 7.18. The molecule has 1 unspecified atom stereocenters. The Bertz CT molecular complexity index is 755. The second kappa shape index (κ2) is 8.45. The first-order valence-corrected chi connectivity index (χ1v) is 9.45. The van der Waals surface area contributed by atoms with Crippen molar-refractivity contribution in [3.8, 4) is 5.75 Å². The van der Waals surface area contributed by atoms with Crippen LogP contribution in [0.5, 0.6) is 5.75 Å². The molecular formula is C21H25ClN2O2. The summed E-state index contributed by atoms with van der Waals surface area (Å²) in [5.74, 6) is 0.371. The van der Waals surface area contributed by atoms with Crippen molar-refractivity contribution in [2.45, 2.75) is 39.3 Å². The first-order chi connectivity index (χ1) is 12.5. The largest absolute Gasteiger partial charge is 0.479 e. The van der Waals surface area contributed by atoms with Gasteiger partial charge in [0.05, 0.1) is 5.02 Å². The molecule has 4 nitrogen and oxygen atoms in total. The van der Waals surface area contributed by atoms with Gasteiger partial charge in [-0.1, -0.05) is 29.8 Å². The van der Waals surface area contributed by atoms with Gasteiger partial charge < -0.3 is 15.0 Å². The van der Waals surface area contributed by atoms with Gasteiger partial charge in [0.2, 0.25) is 0 Å². The van der Waals surface area contributed by atoms with Crippen molar-refractivity contribution < 1.29 is 9.53 Å². The fourth-order valence-electron chi connectivity index (χ4n) is 3.08. The summed E-state index contributed by atoms with van der Waals surface area (Å²) >= 11 is 6.13. The average Bonchev–Trinajstić information content (AvgIpc) is 3.18. The van der Waals surface area contributed by atoms with Crippen LogP contribution in [0.4, 0.5) is 5.69 Å². The van der Waals surface area contributed by atoms with Crippen molar-refractivity contribution >= 4 is 23.2 Å². The van der Waals surface area contributed by atoms with Gasteiger partial charge in [0.25, 0.3) is 5.91 Å². The molecule has 0 aromatic heterocycles. The maximum Gasteiger partial charge on any atom is 0.261 e. The van der Waals surface area contributed by atoms with Crippen molar-refractivity contribution in [3.63, 3.8) is 0 Å². The zero-order chi connectivity index (χ0) is 18.5. The van der Waals surface area contributed by atoms with Gasteiger partial charge in [0, 0.05) is 25.3 Å². The minimum absolute atomic E-state index is 0.161. The summed E-state index contributed by atoms with van der Waals surface area (Å²) in [4.78, 5) is 14.7. The van der Waals surface area contributed by atoms with Crippen LogP contribution in [-0.4, -0.2) is 25.1 Å². The van der Waals surface area contributed by atoms with E-state index in [9.17, 15) is 4.79 Å². The lowest BCUT2D eigenvalue weighted by molar-refractivity contribution is -0.127. The van der Waals surface area contributed by atoms with Gasteiger partial charge in [-0.25, -0.2) is 0 Å². The van der Waals surface area contributed by atoms with Gasteiger partial charge in [0.1, 0.15) is 5.75 Å². The molecule has 0 radical (unpaired) electrons. The molecule has 0 spiro atoms. The Labute approximate surface area is 160 Å². The molecule has 1 aliphatic heterocycles. The summed E-state index contributed by atoms with van der Waals surface area (Å²) < 4.78 is 5.71. The highest BCUT2D eigenvalue weighted by Crippen LogP contribution is 2.26. The Morgan fingerprint density at radius 1 is 1.19 bits per heavy atom. The molecule has 1 N–H and O–H groups in total. The summed E-state index contributed by atoms with van der Waals surface area (Å²) in [6.45, 7) is 6.43. The van der Waals surface area contributed by atoms with E-state index in [1.54, 1.807) is 13.0 Å². The first-order valence-electron chi connectivity index (χ1n) is 9.07. The van der Waals surface area contributed by atoms with Crippen LogP contribution in [0.2, 0.25) is 5.02 Å². The number of carbonyl (C=O) groups is 1. The van der Waals surface area contributed by atoms with Gasteiger partial charge in [-0.2, -0.15) is 0 Å². The summed E-state index contributed by atoms with van der Waals surface area (Å²) in [7, 11) is 0. The van der Waals surface area contributed by atoms with Crippen molar-refractivity contribution in [2.75, 3.05) is 18.0 Å². The topological polar surface area (TPSA) is 41.6 Å². The minimum Gasteiger partial charge on any atom is -0.479 e. The normalized spacial score (nSPS) is 15.0. The van der Waals surface area contributed by atoms with Crippen LogP contribution in [0.3, 0.4) is 0 Å². The number of hydrogen-bond donors (Lipinski definition) is 1. The molecule has 5 heteroatoms. The Balaban J connectivity index is 1.52. The Morgan fingerprint density at radius 3 is 2.58 bits per heavy atom. The monoisotopic (exact) mass is 372 g/mol. The number of nitrogens with zero attached hydrogens (tertiary/aromatic N) is 1. The SMILES string of the molecule is Cc1ccc(Cl)c(OC(C)C(=O)NCc2ccc(N3CCCC3)cc2)c1. The lowest BCUT2D eigenvalue weighted by Gasteiger charge is -2.18. The van der Waals surface area contributed by atoms with Gasteiger partial charge in [-0.15, -0.1) is 0 Å². The van der Waals surface area contributed by atoms with Crippen LogP contribution in [0.15, 0.2) is 42.5 Å². The van der Waals surface area contributed by atoms with E-state index in [0.29, 0.717) is 17.3 Å². The molecule has 1 aliphatic rings. The summed E-state index contributed by atoms with van der Waals surface area (Å²) in [5, 5.41) is 3.43. The fraction of sp³-hybridized carbons (Fsp3) is 0.381. The third-order valence-electron chi connectivity index (χ3n) is 4.63. The van der Waals surface area contributed by atoms with E-state index in [0.717, 1.165) is 24.2 Å². The van der Waals surface area contributed by atoms with E-state index in [-0.39, 0.29) is 5.91 Å². The standard InChI is InChI=1S/C21H25ClN2O2/c1-15-5-10-19(22)20(13-15)26-16(2)21(25)23-14-17-6-8-18(9-7-17)24-11-3-4-12-24/h5-10,13,16H,3-4,11-12,14H2,1-2H3,(H,23,25). The zero-order valence-corrected chi connectivity index (χ0v) is 16.1. The van der Waals surface area contributed by atoms with Gasteiger partial charge in [0.15, 0.2) is 6.10 Å². The van der Waals surface area contributed by atoms with E-state index in [4.69, 9.17) is 16.3 Å². The van der Waals surface area contributed by atoms with Crippen molar-refractivity contribution in [2.24, 2.45) is 0 Å². The van der Waals surface area contributed by atoms with Crippen molar-refractivity contribution in [3.05, 3.63) is 58.6 Å². The Morgan fingerprint density at radius 2 is 1.88 bits per heavy atom. The summed E-state index contributed by atoms with van der Waals surface area (Å²) in [6.07, 6.45) is 1.92. The molecule has 1 fully saturated rings. The fourth-order valence-corrected chi connectivity index (χ4v) is 3.24. The van der Waals surface area contributed by atoms with Gasteiger partial charge >= 0.3 is 0 Å². The Kier molecular flexibility index (Phi) is 6.04. The number of nitrogens with one attached hydrogen (secondary N) is 1. The average molecular weight is 373 g/mol. The van der Waals surface area contributed by atoms with Crippen LogP contribution in [0.1, 0.15) is 30.9 Å². The molecule has 1 heterocycles. The molecule has 1 atom stereocenters. The second-order valence-electron chi connectivity index (χ2n) is 6.77. The van der Waals surface area contributed by atoms with Crippen molar-refractivity contribution in [1.29, 1.82) is 0 Å². The highest BCUT2D eigenvalue weighted by Gasteiger charge is 2.16. The predicted octanol–water partition coefficient (Wildman–Crippen LogP) is 4.33. The van der Waals surface area contributed by atoms with E-state index in [1.165, 1.54) is 18.5 Å². The van der Waals surface area contributed by atoms with Crippen LogP contribution in [0, 0.1) is 6.92 Å². The lowest BCUT2D eigenvalue weighted by Crippen LogP contribution is -2.36. The molecule has 0 aliphatic carbocycles. The maximum absolute atomic E-state index is 12.3. The molecular weight excluding hydrogens is 348 g/mol. The maximum atomic E-state index is 12.3. The van der Waals surface area contributed by atoms with Crippen LogP contribution in [-0.2, 0) is 11.3 Å². The molecule has 1 saturated heterocycles. The number of halogens is 1. The summed E-state index contributed by atoms with van der Waals surface area (Å²) in [6, 6.07) is 13.9. The number of carbonyl (C=O) groups excluding carboxylic acids is 1. The van der Waals surface area contributed by atoms with Gasteiger partial charge in [-0.05, 0) is 62.1 Å². The number of amides is 1. The van der Waals surface area contributed by atoms with Crippen LogP contribution >= 0.6 is 11.6 Å². The molecule has 3 rings (SSSR count). The highest BCUT2D eigenvalue weighted by atomic mass is 35.5. The van der Waals surface area contributed by atoms with Crippen LogP contribution < -0.4 is 15.0 Å². The number of anilines is 1. The third kappa shape index (κ3) is 4.70. The molecule has 2 aromatic carbocycles. The molecule has 1 amide bonds. The molecule has 2 aromatic rings. The van der Waals surface area contributed by atoms with E-state index < -0.39 is 6.10 Å². The number of benzene rings is 2. The number of aryl methyl sites for hydroxylation is 1. The van der Waals surface area contributed by atoms with E-state index in [1.807, 2.05) is 19.1 Å². The number of rotatable bonds is 6. The smallest absolute Gasteiger partial charge is 0.261 e. The number of ether oxygens (including phenoxy) is 1. The Hall–Kier alpha value is -2.20. The third-order valence-corrected chi connectivity index (χ3v) is 4.95.